The molecule has 0 aliphatic carbocycles. The highest BCUT2D eigenvalue weighted by Gasteiger charge is 2.30. The molecule has 0 radical (unpaired) electrons. The summed E-state index contributed by atoms with van der Waals surface area (Å²) in [6.07, 6.45) is 63.6. The number of aliphatic hydroxyl groups is 1. The van der Waals surface area contributed by atoms with E-state index >= 15 is 0 Å². The summed E-state index contributed by atoms with van der Waals surface area (Å²) in [7, 11) is -9.93. The van der Waals surface area contributed by atoms with E-state index in [-0.39, 0.29) is 25.7 Å². The highest BCUT2D eigenvalue weighted by molar-refractivity contribution is 7.47. The van der Waals surface area contributed by atoms with Crippen LogP contribution in [0.2, 0.25) is 0 Å². The highest BCUT2D eigenvalue weighted by Crippen LogP contribution is 2.45. The summed E-state index contributed by atoms with van der Waals surface area (Å²) in [6.45, 7) is 12.0. The first-order valence-electron chi connectivity index (χ1n) is 43.3. The lowest BCUT2D eigenvalue weighted by atomic mass is 10.0. The molecule has 0 aromatic heterocycles. The molecule has 17 nitrogen and oxygen atoms in total. The third-order valence-electron chi connectivity index (χ3n) is 19.6. The summed E-state index contributed by atoms with van der Waals surface area (Å²) in [5, 5.41) is 10.7. The minimum Gasteiger partial charge on any atom is -0.462 e. The van der Waals surface area contributed by atoms with Gasteiger partial charge in [0.25, 0.3) is 0 Å². The molecule has 19 heteroatoms. The molecule has 0 aromatic carbocycles. The van der Waals surface area contributed by atoms with Crippen LogP contribution in [0, 0.1) is 17.8 Å². The predicted molar refractivity (Wildman–Crippen MR) is 423 cm³/mol. The van der Waals surface area contributed by atoms with Crippen LogP contribution in [0.4, 0.5) is 0 Å². The van der Waals surface area contributed by atoms with Crippen molar-refractivity contribution >= 4 is 39.5 Å². The lowest BCUT2D eigenvalue weighted by molar-refractivity contribution is -0.161. The van der Waals surface area contributed by atoms with Gasteiger partial charge in [-0.25, -0.2) is 9.13 Å². The van der Waals surface area contributed by atoms with Crippen molar-refractivity contribution in [3.05, 3.63) is 0 Å². The van der Waals surface area contributed by atoms with Gasteiger partial charge in [-0.05, 0) is 43.4 Å². The Hall–Kier alpha value is -1.94. The smallest absolute Gasteiger partial charge is 0.462 e. The zero-order valence-electron chi connectivity index (χ0n) is 67.8. The Balaban J connectivity index is 5.27. The molecule has 0 aliphatic heterocycles. The summed E-state index contributed by atoms with van der Waals surface area (Å²) in [4.78, 5) is 73.2. The number of unbranched alkanes of at least 4 members (excludes halogenated alkanes) is 50. The van der Waals surface area contributed by atoms with Gasteiger partial charge >= 0.3 is 39.5 Å². The van der Waals surface area contributed by atoms with E-state index in [4.69, 9.17) is 37.0 Å². The molecule has 0 rings (SSSR count). The van der Waals surface area contributed by atoms with Crippen LogP contribution in [-0.2, 0) is 65.4 Å². The van der Waals surface area contributed by atoms with E-state index in [0.717, 1.165) is 108 Å². The van der Waals surface area contributed by atoms with Gasteiger partial charge in [-0.2, -0.15) is 0 Å². The number of esters is 4. The normalized spacial score (nSPS) is 13.9. The van der Waals surface area contributed by atoms with E-state index in [1.807, 2.05) is 0 Å². The Morgan fingerprint density at radius 1 is 0.262 bits per heavy atom. The van der Waals surface area contributed by atoms with Crippen molar-refractivity contribution < 1.29 is 80.2 Å². The van der Waals surface area contributed by atoms with E-state index in [9.17, 15) is 43.2 Å². The van der Waals surface area contributed by atoms with Crippen molar-refractivity contribution in [2.75, 3.05) is 39.6 Å². The van der Waals surface area contributed by atoms with Crippen LogP contribution in [0.15, 0.2) is 0 Å². The van der Waals surface area contributed by atoms with Crippen LogP contribution in [0.5, 0.6) is 0 Å². The quantitative estimate of drug-likeness (QED) is 0.0222. The van der Waals surface area contributed by atoms with Crippen LogP contribution in [0.25, 0.3) is 0 Å². The van der Waals surface area contributed by atoms with Crippen molar-refractivity contribution in [1.29, 1.82) is 0 Å². The van der Waals surface area contributed by atoms with E-state index in [1.54, 1.807) is 0 Å². The minimum atomic E-state index is -4.96. The van der Waals surface area contributed by atoms with Gasteiger partial charge < -0.3 is 33.8 Å². The Morgan fingerprint density at radius 2 is 0.447 bits per heavy atom. The third kappa shape index (κ3) is 78.0. The largest absolute Gasteiger partial charge is 0.472 e. The molecule has 0 spiro atoms. The Bertz CT molecular complexity index is 1990. The van der Waals surface area contributed by atoms with Gasteiger partial charge in [0.05, 0.1) is 26.4 Å². The zero-order valence-corrected chi connectivity index (χ0v) is 69.6. The molecule has 5 atom stereocenters. The zero-order chi connectivity index (χ0) is 75.8. The topological polar surface area (TPSA) is 237 Å². The third-order valence-corrected chi connectivity index (χ3v) is 21.5. The SMILES string of the molecule is CCCCCCCCCCCCCCCC(=O)OC[C@H](COP(=O)(O)OC[C@H](O)COP(=O)(O)OC[C@@H](COC(=O)CCCCCCCCCCCCCCCC(C)C)OC(=O)CCCCCCCCCCCCCCCCCC(C)C)OC(=O)CCCCCCCCCCCCCCCC(C)C. The van der Waals surface area contributed by atoms with Gasteiger partial charge in [0, 0.05) is 25.7 Å². The van der Waals surface area contributed by atoms with Crippen molar-refractivity contribution in [3.8, 4) is 0 Å². The van der Waals surface area contributed by atoms with Crippen molar-refractivity contribution in [2.45, 2.75) is 458 Å². The van der Waals surface area contributed by atoms with Gasteiger partial charge in [-0.15, -0.1) is 0 Å². The monoisotopic (exact) mass is 1510 g/mol. The minimum absolute atomic E-state index is 0.108. The molecule has 0 amide bonds. The van der Waals surface area contributed by atoms with Crippen LogP contribution in [0.3, 0.4) is 0 Å². The second-order valence-corrected chi connectivity index (χ2v) is 34.6. The standard InChI is InChI=1S/C84H164O17P2/c1-8-9-10-11-12-13-14-20-30-37-44-51-58-65-81(86)94-71-79(101-84(89)68-61-54-47-40-33-26-19-23-29-36-43-50-57-64-77(6)7)73-98-102(90,91)96-69-78(85)70-97-103(92,93)99-74-80(72-95-82(87)66-59-52-45-38-31-25-18-22-28-35-42-49-56-63-76(4)5)100-83(88)67-60-53-46-39-32-24-17-15-16-21-27-34-41-48-55-62-75(2)3/h75-80,85H,8-74H2,1-7H3,(H,90,91)(H,92,93)/t78-,79+,80+/m0/s1. The van der Waals surface area contributed by atoms with Crippen molar-refractivity contribution in [2.24, 2.45) is 17.8 Å². The first kappa shape index (κ1) is 101. The molecule has 0 aliphatic rings. The van der Waals surface area contributed by atoms with Gasteiger partial charge in [0.15, 0.2) is 12.2 Å². The number of rotatable bonds is 82. The summed E-state index contributed by atoms with van der Waals surface area (Å²) in [5.74, 6) is 0.276. The first-order chi connectivity index (χ1) is 49.7. The second kappa shape index (κ2) is 74.2. The molecule has 0 bridgehead atoms. The summed E-state index contributed by atoms with van der Waals surface area (Å²) in [6, 6.07) is 0. The molecule has 103 heavy (non-hydrogen) atoms. The van der Waals surface area contributed by atoms with Crippen LogP contribution in [-0.4, -0.2) is 96.7 Å². The molecule has 0 fully saturated rings. The van der Waals surface area contributed by atoms with E-state index in [1.165, 1.54) is 250 Å². The van der Waals surface area contributed by atoms with Gasteiger partial charge in [0.2, 0.25) is 0 Å². The molecule has 0 heterocycles. The highest BCUT2D eigenvalue weighted by atomic mass is 31.2. The molecule has 0 aromatic rings. The molecule has 2 unspecified atom stereocenters. The molecule has 3 N–H and O–H groups in total. The number of hydrogen-bond acceptors (Lipinski definition) is 15. The summed E-state index contributed by atoms with van der Waals surface area (Å²) in [5.41, 5.74) is 0. The van der Waals surface area contributed by atoms with Crippen LogP contribution < -0.4 is 0 Å². The van der Waals surface area contributed by atoms with Gasteiger partial charge in [0.1, 0.15) is 19.3 Å². The fourth-order valence-electron chi connectivity index (χ4n) is 13.0. The second-order valence-electron chi connectivity index (χ2n) is 31.6. The summed E-state index contributed by atoms with van der Waals surface area (Å²) < 4.78 is 68.9. The number of phosphoric ester groups is 2. The molecule has 0 saturated heterocycles. The van der Waals surface area contributed by atoms with Crippen LogP contribution in [0.1, 0.15) is 440 Å². The fraction of sp³-hybridized carbons (Fsp3) is 0.952. The number of aliphatic hydroxyl groups excluding tert-OH is 1. The van der Waals surface area contributed by atoms with Gasteiger partial charge in [-0.3, -0.25) is 37.3 Å². The van der Waals surface area contributed by atoms with Gasteiger partial charge in [-0.1, -0.05) is 389 Å². The van der Waals surface area contributed by atoms with E-state index in [0.29, 0.717) is 25.7 Å². The number of phosphoric acid groups is 2. The lowest BCUT2D eigenvalue weighted by Crippen LogP contribution is -2.30. The molecular weight excluding hydrogens is 1340 g/mol. The Labute approximate surface area is 632 Å². The van der Waals surface area contributed by atoms with Crippen LogP contribution >= 0.6 is 15.6 Å². The summed E-state index contributed by atoms with van der Waals surface area (Å²) >= 11 is 0. The van der Waals surface area contributed by atoms with Crippen molar-refractivity contribution in [1.82, 2.24) is 0 Å². The maximum atomic E-state index is 13.1. The van der Waals surface area contributed by atoms with Crippen molar-refractivity contribution in [3.63, 3.8) is 0 Å². The Morgan fingerprint density at radius 3 is 0.660 bits per heavy atom. The molecular formula is C84H164O17P2. The average molecular weight is 1510 g/mol. The first-order valence-corrected chi connectivity index (χ1v) is 46.3. The lowest BCUT2D eigenvalue weighted by Gasteiger charge is -2.21. The number of carbonyl (C=O) groups is 4. The molecule has 612 valence electrons. The Kier molecular flexibility index (Phi) is 72.8. The average Bonchev–Trinajstić information content (AvgIpc) is 0.905. The number of ether oxygens (including phenoxy) is 4. The maximum absolute atomic E-state index is 13.1. The number of carbonyl (C=O) groups excluding carboxylic acids is 4. The van der Waals surface area contributed by atoms with E-state index in [2.05, 4.69) is 48.5 Å². The van der Waals surface area contributed by atoms with E-state index < -0.39 is 97.5 Å². The number of hydrogen-bond donors (Lipinski definition) is 3. The fourth-order valence-corrected chi connectivity index (χ4v) is 14.6. The maximum Gasteiger partial charge on any atom is 0.472 e. The predicted octanol–water partition coefficient (Wildman–Crippen LogP) is 25.3. The molecule has 0 saturated carbocycles.